The van der Waals surface area contributed by atoms with Gasteiger partial charge in [0.2, 0.25) is 0 Å². The molecule has 0 atom stereocenters. The molecule has 1 nitrogen and oxygen atoms in total. The minimum Gasteiger partial charge on any atom is -0.392 e. The van der Waals surface area contributed by atoms with Crippen molar-refractivity contribution in [2.75, 3.05) is 6.61 Å². The summed E-state index contributed by atoms with van der Waals surface area (Å²) in [7, 11) is 0. The fourth-order valence-corrected chi connectivity index (χ4v) is 1.47. The van der Waals surface area contributed by atoms with Gasteiger partial charge in [-0.3, -0.25) is 0 Å². The SMILES string of the molecule is CCCCc1ccccc1/C=C/CO. The molecule has 76 valence electrons. The van der Waals surface area contributed by atoms with Gasteiger partial charge in [-0.1, -0.05) is 49.8 Å². The monoisotopic (exact) mass is 190 g/mol. The zero-order valence-electron chi connectivity index (χ0n) is 8.74. The van der Waals surface area contributed by atoms with Gasteiger partial charge in [0, 0.05) is 0 Å². The molecular formula is C13H18O. The van der Waals surface area contributed by atoms with Crippen molar-refractivity contribution in [1.82, 2.24) is 0 Å². The van der Waals surface area contributed by atoms with Crippen molar-refractivity contribution in [3.05, 3.63) is 41.5 Å². The molecule has 0 radical (unpaired) electrons. The van der Waals surface area contributed by atoms with Crippen LogP contribution < -0.4 is 0 Å². The Bertz CT molecular complexity index is 289. The molecule has 1 rings (SSSR count). The average Bonchev–Trinajstić information content (AvgIpc) is 2.24. The van der Waals surface area contributed by atoms with Crippen molar-refractivity contribution in [3.8, 4) is 0 Å². The van der Waals surface area contributed by atoms with E-state index in [2.05, 4.69) is 25.1 Å². The highest BCUT2D eigenvalue weighted by atomic mass is 16.2. The molecular weight excluding hydrogens is 172 g/mol. The Morgan fingerprint density at radius 3 is 2.79 bits per heavy atom. The summed E-state index contributed by atoms with van der Waals surface area (Å²) in [6.45, 7) is 2.31. The van der Waals surface area contributed by atoms with Crippen LogP contribution in [-0.2, 0) is 6.42 Å². The highest BCUT2D eigenvalue weighted by Gasteiger charge is 1.96. The second kappa shape index (κ2) is 6.39. The van der Waals surface area contributed by atoms with Crippen LogP contribution in [0.1, 0.15) is 30.9 Å². The maximum absolute atomic E-state index is 8.71. The van der Waals surface area contributed by atoms with Gasteiger partial charge in [0.1, 0.15) is 0 Å². The zero-order valence-corrected chi connectivity index (χ0v) is 8.74. The van der Waals surface area contributed by atoms with Crippen LogP contribution in [0.25, 0.3) is 6.08 Å². The summed E-state index contributed by atoms with van der Waals surface area (Å²) in [6, 6.07) is 8.36. The van der Waals surface area contributed by atoms with Gasteiger partial charge in [-0.15, -0.1) is 0 Å². The van der Waals surface area contributed by atoms with Crippen molar-refractivity contribution in [2.45, 2.75) is 26.2 Å². The maximum atomic E-state index is 8.71. The lowest BCUT2D eigenvalue weighted by Crippen LogP contribution is -1.88. The van der Waals surface area contributed by atoms with Crippen molar-refractivity contribution >= 4 is 6.08 Å². The molecule has 1 aromatic carbocycles. The maximum Gasteiger partial charge on any atom is 0.0615 e. The van der Waals surface area contributed by atoms with Gasteiger partial charge >= 0.3 is 0 Å². The van der Waals surface area contributed by atoms with Gasteiger partial charge in [0.25, 0.3) is 0 Å². The number of aryl methyl sites for hydroxylation is 1. The van der Waals surface area contributed by atoms with Crippen LogP contribution in [0.15, 0.2) is 30.3 Å². The second-order valence-corrected chi connectivity index (χ2v) is 3.39. The first-order valence-electron chi connectivity index (χ1n) is 5.23. The molecule has 0 fully saturated rings. The van der Waals surface area contributed by atoms with Gasteiger partial charge in [0.05, 0.1) is 6.61 Å². The molecule has 0 bridgehead atoms. The van der Waals surface area contributed by atoms with E-state index in [4.69, 9.17) is 5.11 Å². The van der Waals surface area contributed by atoms with E-state index in [1.165, 1.54) is 24.0 Å². The van der Waals surface area contributed by atoms with Crippen LogP contribution in [0.3, 0.4) is 0 Å². The second-order valence-electron chi connectivity index (χ2n) is 3.39. The predicted octanol–water partition coefficient (Wildman–Crippen LogP) is 3.03. The molecule has 0 amide bonds. The Morgan fingerprint density at radius 2 is 2.07 bits per heavy atom. The van der Waals surface area contributed by atoms with Gasteiger partial charge in [-0.25, -0.2) is 0 Å². The van der Waals surface area contributed by atoms with Gasteiger partial charge < -0.3 is 5.11 Å². The summed E-state index contributed by atoms with van der Waals surface area (Å²) >= 11 is 0. The first kappa shape index (κ1) is 11.0. The highest BCUT2D eigenvalue weighted by molar-refractivity contribution is 5.53. The number of benzene rings is 1. The Morgan fingerprint density at radius 1 is 1.29 bits per heavy atom. The van der Waals surface area contributed by atoms with Crippen molar-refractivity contribution < 1.29 is 5.11 Å². The van der Waals surface area contributed by atoms with E-state index in [0.29, 0.717) is 0 Å². The highest BCUT2D eigenvalue weighted by Crippen LogP contribution is 2.13. The summed E-state index contributed by atoms with van der Waals surface area (Å²) < 4.78 is 0. The molecule has 1 N–H and O–H groups in total. The summed E-state index contributed by atoms with van der Waals surface area (Å²) in [4.78, 5) is 0. The molecule has 1 aromatic rings. The molecule has 0 saturated heterocycles. The lowest BCUT2D eigenvalue weighted by atomic mass is 10.0. The Hall–Kier alpha value is -1.08. The van der Waals surface area contributed by atoms with E-state index in [1.54, 1.807) is 6.08 Å². The summed E-state index contributed by atoms with van der Waals surface area (Å²) in [5.74, 6) is 0. The van der Waals surface area contributed by atoms with Crippen molar-refractivity contribution in [3.63, 3.8) is 0 Å². The zero-order chi connectivity index (χ0) is 10.2. The van der Waals surface area contributed by atoms with Gasteiger partial charge in [-0.05, 0) is 24.0 Å². The largest absolute Gasteiger partial charge is 0.392 e. The first-order chi connectivity index (χ1) is 6.88. The number of rotatable bonds is 5. The van der Waals surface area contributed by atoms with Crippen LogP contribution in [-0.4, -0.2) is 11.7 Å². The van der Waals surface area contributed by atoms with Crippen LogP contribution in [0, 0.1) is 0 Å². The number of hydrogen-bond acceptors (Lipinski definition) is 1. The summed E-state index contributed by atoms with van der Waals surface area (Å²) in [5, 5.41) is 8.71. The fourth-order valence-electron chi connectivity index (χ4n) is 1.47. The van der Waals surface area contributed by atoms with Gasteiger partial charge in [0.15, 0.2) is 0 Å². The Kier molecular flexibility index (Phi) is 5.02. The van der Waals surface area contributed by atoms with Crippen molar-refractivity contribution in [2.24, 2.45) is 0 Å². The molecule has 0 aromatic heterocycles. The van der Waals surface area contributed by atoms with E-state index < -0.39 is 0 Å². The average molecular weight is 190 g/mol. The van der Waals surface area contributed by atoms with E-state index in [9.17, 15) is 0 Å². The third kappa shape index (κ3) is 3.35. The lowest BCUT2D eigenvalue weighted by molar-refractivity contribution is 0.343. The van der Waals surface area contributed by atoms with Crippen LogP contribution in [0.5, 0.6) is 0 Å². The summed E-state index contributed by atoms with van der Waals surface area (Å²) in [5.41, 5.74) is 2.61. The molecule has 0 unspecified atom stereocenters. The van der Waals surface area contributed by atoms with E-state index >= 15 is 0 Å². The quantitative estimate of drug-likeness (QED) is 0.756. The number of unbranched alkanes of at least 4 members (excludes halogenated alkanes) is 1. The Balaban J connectivity index is 2.74. The third-order valence-electron chi connectivity index (χ3n) is 2.26. The normalized spacial score (nSPS) is 11.0. The number of aliphatic hydroxyl groups excluding tert-OH is 1. The lowest BCUT2D eigenvalue weighted by Gasteiger charge is -2.04. The molecule has 0 aliphatic rings. The third-order valence-corrected chi connectivity index (χ3v) is 2.26. The molecule has 1 heteroatoms. The fraction of sp³-hybridized carbons (Fsp3) is 0.385. The first-order valence-corrected chi connectivity index (χ1v) is 5.23. The smallest absolute Gasteiger partial charge is 0.0615 e. The standard InChI is InChI=1S/C13H18O/c1-2-3-7-12-8-4-5-9-13(12)10-6-11-14/h4-6,8-10,14H,2-3,7,11H2,1H3/b10-6+. The number of hydrogen-bond donors (Lipinski definition) is 1. The van der Waals surface area contributed by atoms with E-state index in [1.807, 2.05) is 12.1 Å². The van der Waals surface area contributed by atoms with E-state index in [0.717, 1.165) is 6.42 Å². The van der Waals surface area contributed by atoms with Crippen LogP contribution in [0.4, 0.5) is 0 Å². The predicted molar refractivity (Wildman–Crippen MR) is 61.2 cm³/mol. The van der Waals surface area contributed by atoms with Gasteiger partial charge in [-0.2, -0.15) is 0 Å². The molecule has 0 heterocycles. The molecule has 0 saturated carbocycles. The topological polar surface area (TPSA) is 20.2 Å². The summed E-state index contributed by atoms with van der Waals surface area (Å²) in [6.07, 6.45) is 7.35. The van der Waals surface area contributed by atoms with Crippen LogP contribution >= 0.6 is 0 Å². The Labute approximate surface area is 86.1 Å². The minimum atomic E-state index is 0.113. The van der Waals surface area contributed by atoms with Crippen LogP contribution in [0.2, 0.25) is 0 Å². The molecule has 0 aliphatic carbocycles. The molecule has 14 heavy (non-hydrogen) atoms. The molecule has 0 aliphatic heterocycles. The number of aliphatic hydroxyl groups is 1. The van der Waals surface area contributed by atoms with Crippen molar-refractivity contribution in [1.29, 1.82) is 0 Å². The van der Waals surface area contributed by atoms with E-state index in [-0.39, 0.29) is 6.61 Å². The molecule has 0 spiro atoms. The minimum absolute atomic E-state index is 0.113.